The predicted molar refractivity (Wildman–Crippen MR) is 76.3 cm³/mol. The molecule has 0 amide bonds. The summed E-state index contributed by atoms with van der Waals surface area (Å²) in [5.41, 5.74) is 2.73. The first kappa shape index (κ1) is 15.7. The van der Waals surface area contributed by atoms with E-state index in [0.29, 0.717) is 25.6 Å². The monoisotopic (exact) mass is 264 g/mol. The Morgan fingerprint density at radius 2 is 2.11 bits per heavy atom. The van der Waals surface area contributed by atoms with E-state index < -0.39 is 0 Å². The van der Waals surface area contributed by atoms with Crippen LogP contribution in [0.4, 0.5) is 0 Å². The maximum absolute atomic E-state index is 10.9. The van der Waals surface area contributed by atoms with Crippen molar-refractivity contribution in [1.29, 1.82) is 0 Å². The highest BCUT2D eigenvalue weighted by Crippen LogP contribution is 2.20. The Morgan fingerprint density at radius 3 is 2.79 bits per heavy atom. The van der Waals surface area contributed by atoms with Crippen molar-refractivity contribution in [3.8, 4) is 0 Å². The largest absolute Gasteiger partial charge is 0.469 e. The van der Waals surface area contributed by atoms with Crippen LogP contribution >= 0.6 is 0 Å². The Hall–Kier alpha value is -1.35. The highest BCUT2D eigenvalue weighted by Gasteiger charge is 2.06. The lowest BCUT2D eigenvalue weighted by atomic mass is 9.96. The lowest BCUT2D eigenvalue weighted by Crippen LogP contribution is -2.07. The molecule has 0 radical (unpaired) electrons. The van der Waals surface area contributed by atoms with Crippen molar-refractivity contribution in [2.24, 2.45) is 0 Å². The van der Waals surface area contributed by atoms with Gasteiger partial charge < -0.3 is 9.47 Å². The second-order valence-corrected chi connectivity index (χ2v) is 4.73. The van der Waals surface area contributed by atoms with Gasteiger partial charge in [0.05, 0.1) is 20.1 Å². The molecule has 106 valence electrons. The van der Waals surface area contributed by atoms with Crippen LogP contribution in [0.25, 0.3) is 0 Å². The van der Waals surface area contributed by atoms with Crippen LogP contribution < -0.4 is 0 Å². The maximum Gasteiger partial charge on any atom is 0.307 e. The first-order chi connectivity index (χ1) is 9.17. The van der Waals surface area contributed by atoms with E-state index in [0.717, 1.165) is 12.8 Å². The summed E-state index contributed by atoms with van der Waals surface area (Å²) < 4.78 is 10.0. The molecule has 3 heteroatoms. The SMILES string of the molecule is CCc1cccc(C(C)CCOCCC(=O)OC)c1. The van der Waals surface area contributed by atoms with Crippen LogP contribution in [0.2, 0.25) is 0 Å². The van der Waals surface area contributed by atoms with E-state index in [-0.39, 0.29) is 5.97 Å². The van der Waals surface area contributed by atoms with Gasteiger partial charge in [-0.3, -0.25) is 4.79 Å². The summed E-state index contributed by atoms with van der Waals surface area (Å²) in [7, 11) is 1.39. The summed E-state index contributed by atoms with van der Waals surface area (Å²) in [5, 5.41) is 0. The molecule has 0 aliphatic carbocycles. The van der Waals surface area contributed by atoms with Gasteiger partial charge in [-0.2, -0.15) is 0 Å². The second-order valence-electron chi connectivity index (χ2n) is 4.73. The molecule has 0 saturated carbocycles. The molecular weight excluding hydrogens is 240 g/mol. The molecule has 1 aromatic carbocycles. The normalized spacial score (nSPS) is 12.2. The minimum Gasteiger partial charge on any atom is -0.469 e. The molecule has 1 aromatic rings. The molecule has 0 bridgehead atoms. The molecule has 0 aliphatic rings. The summed E-state index contributed by atoms with van der Waals surface area (Å²) in [6.07, 6.45) is 2.36. The van der Waals surface area contributed by atoms with Gasteiger partial charge in [-0.1, -0.05) is 38.1 Å². The van der Waals surface area contributed by atoms with E-state index in [1.807, 2.05) is 0 Å². The van der Waals surface area contributed by atoms with Crippen LogP contribution in [0.5, 0.6) is 0 Å². The summed E-state index contributed by atoms with van der Waals surface area (Å²) in [6, 6.07) is 8.70. The van der Waals surface area contributed by atoms with Crippen LogP contribution in [-0.4, -0.2) is 26.3 Å². The Kier molecular flexibility index (Phi) is 7.19. The van der Waals surface area contributed by atoms with E-state index >= 15 is 0 Å². The molecule has 0 aromatic heterocycles. The zero-order valence-corrected chi connectivity index (χ0v) is 12.1. The summed E-state index contributed by atoms with van der Waals surface area (Å²) in [6.45, 7) is 5.49. The molecule has 0 N–H and O–H groups in total. The van der Waals surface area contributed by atoms with Crippen molar-refractivity contribution in [3.63, 3.8) is 0 Å². The smallest absolute Gasteiger partial charge is 0.307 e. The van der Waals surface area contributed by atoms with Crippen LogP contribution in [0, 0.1) is 0 Å². The van der Waals surface area contributed by atoms with Crippen LogP contribution in [0.15, 0.2) is 24.3 Å². The number of rotatable bonds is 8. The molecule has 3 nitrogen and oxygen atoms in total. The molecule has 0 saturated heterocycles. The molecule has 0 aliphatic heterocycles. The maximum atomic E-state index is 10.9. The van der Waals surface area contributed by atoms with Crippen molar-refractivity contribution >= 4 is 5.97 Å². The summed E-state index contributed by atoms with van der Waals surface area (Å²) in [5.74, 6) is 0.258. The molecule has 1 unspecified atom stereocenters. The van der Waals surface area contributed by atoms with Crippen molar-refractivity contribution in [2.75, 3.05) is 20.3 Å². The zero-order chi connectivity index (χ0) is 14.1. The Balaban J connectivity index is 2.27. The summed E-state index contributed by atoms with van der Waals surface area (Å²) >= 11 is 0. The topological polar surface area (TPSA) is 35.5 Å². The van der Waals surface area contributed by atoms with E-state index in [9.17, 15) is 4.79 Å². The molecule has 0 spiro atoms. The molecule has 0 fully saturated rings. The number of ether oxygens (including phenoxy) is 2. The predicted octanol–water partition coefficient (Wildman–Crippen LogP) is 3.32. The molecule has 1 rings (SSSR count). The molecular formula is C16H24O3. The Bertz CT molecular complexity index is 387. The fourth-order valence-electron chi connectivity index (χ4n) is 1.91. The second kappa shape index (κ2) is 8.70. The van der Waals surface area contributed by atoms with Gasteiger partial charge in [0, 0.05) is 6.61 Å². The lowest BCUT2D eigenvalue weighted by Gasteiger charge is -2.13. The highest BCUT2D eigenvalue weighted by atomic mass is 16.5. The van der Waals surface area contributed by atoms with Gasteiger partial charge in [0.15, 0.2) is 0 Å². The van der Waals surface area contributed by atoms with E-state index in [4.69, 9.17) is 4.74 Å². The summed E-state index contributed by atoms with van der Waals surface area (Å²) in [4.78, 5) is 10.9. The van der Waals surface area contributed by atoms with Crippen LogP contribution in [0.3, 0.4) is 0 Å². The number of hydrogen-bond acceptors (Lipinski definition) is 3. The number of aryl methyl sites for hydroxylation is 1. The minimum atomic E-state index is -0.219. The van der Waals surface area contributed by atoms with Gasteiger partial charge in [-0.05, 0) is 29.9 Å². The minimum absolute atomic E-state index is 0.219. The van der Waals surface area contributed by atoms with Gasteiger partial charge in [-0.15, -0.1) is 0 Å². The third-order valence-electron chi connectivity index (χ3n) is 3.30. The number of carbonyl (C=O) groups excluding carboxylic acids is 1. The number of carbonyl (C=O) groups is 1. The highest BCUT2D eigenvalue weighted by molar-refractivity contribution is 5.69. The van der Waals surface area contributed by atoms with E-state index in [1.165, 1.54) is 18.2 Å². The average Bonchev–Trinajstić information content (AvgIpc) is 2.46. The van der Waals surface area contributed by atoms with Gasteiger partial charge in [0.1, 0.15) is 0 Å². The first-order valence-corrected chi connectivity index (χ1v) is 6.90. The molecule has 0 heterocycles. The van der Waals surface area contributed by atoms with Crippen molar-refractivity contribution in [3.05, 3.63) is 35.4 Å². The number of hydrogen-bond donors (Lipinski definition) is 0. The first-order valence-electron chi connectivity index (χ1n) is 6.90. The van der Waals surface area contributed by atoms with Gasteiger partial charge >= 0.3 is 5.97 Å². The van der Waals surface area contributed by atoms with Crippen LogP contribution in [0.1, 0.15) is 43.7 Å². The van der Waals surface area contributed by atoms with Gasteiger partial charge in [0.25, 0.3) is 0 Å². The fraction of sp³-hybridized carbons (Fsp3) is 0.562. The Morgan fingerprint density at radius 1 is 1.32 bits per heavy atom. The van der Waals surface area contributed by atoms with Crippen molar-refractivity contribution in [2.45, 2.75) is 39.0 Å². The van der Waals surface area contributed by atoms with Gasteiger partial charge in [0.2, 0.25) is 0 Å². The van der Waals surface area contributed by atoms with Crippen molar-refractivity contribution < 1.29 is 14.3 Å². The third-order valence-corrected chi connectivity index (χ3v) is 3.30. The Labute approximate surface area is 115 Å². The molecule has 1 atom stereocenters. The number of esters is 1. The number of methoxy groups -OCH3 is 1. The lowest BCUT2D eigenvalue weighted by molar-refractivity contribution is -0.141. The zero-order valence-electron chi connectivity index (χ0n) is 12.1. The van der Waals surface area contributed by atoms with Crippen LogP contribution in [-0.2, 0) is 20.7 Å². The van der Waals surface area contributed by atoms with Gasteiger partial charge in [-0.25, -0.2) is 0 Å². The average molecular weight is 264 g/mol. The van der Waals surface area contributed by atoms with E-state index in [1.54, 1.807) is 0 Å². The standard InChI is InChI=1S/C16H24O3/c1-4-14-6-5-7-15(12-14)13(2)8-10-19-11-9-16(17)18-3/h5-7,12-13H,4,8-11H2,1-3H3. The third kappa shape index (κ3) is 5.88. The quantitative estimate of drug-likeness (QED) is 0.533. The fourth-order valence-corrected chi connectivity index (χ4v) is 1.91. The number of benzene rings is 1. The molecule has 19 heavy (non-hydrogen) atoms. The van der Waals surface area contributed by atoms with Crippen molar-refractivity contribution in [1.82, 2.24) is 0 Å². The van der Waals surface area contributed by atoms with E-state index in [2.05, 4.69) is 42.8 Å².